The van der Waals surface area contributed by atoms with Crippen molar-refractivity contribution >= 4 is 17.8 Å². The molecule has 2 N–H and O–H groups in total. The highest BCUT2D eigenvalue weighted by atomic mass is 16.2. The summed E-state index contributed by atoms with van der Waals surface area (Å²) in [4.78, 5) is 26.7. The average molecular weight is 406 g/mol. The number of aromatic nitrogens is 2. The molecule has 0 aromatic carbocycles. The summed E-state index contributed by atoms with van der Waals surface area (Å²) in [5.41, 5.74) is 0.619. The molecule has 0 saturated carbocycles. The molecule has 0 bridgehead atoms. The maximum absolute atomic E-state index is 13.0. The van der Waals surface area contributed by atoms with Crippen molar-refractivity contribution in [1.82, 2.24) is 20.0 Å². The molecule has 7 heteroatoms. The van der Waals surface area contributed by atoms with E-state index in [4.69, 9.17) is 5.10 Å². The van der Waals surface area contributed by atoms with Gasteiger partial charge in [-0.2, -0.15) is 5.10 Å². The second kappa shape index (κ2) is 8.76. The highest BCUT2D eigenvalue weighted by Crippen LogP contribution is 2.28. The van der Waals surface area contributed by atoms with Crippen molar-refractivity contribution < 1.29 is 9.59 Å². The summed E-state index contributed by atoms with van der Waals surface area (Å²) >= 11 is 0. The largest absolute Gasteiger partial charge is 0.356 e. The molecule has 1 aliphatic rings. The topological polar surface area (TPSA) is 79.3 Å². The minimum absolute atomic E-state index is 0.0207. The Balaban J connectivity index is 2.07. The van der Waals surface area contributed by atoms with Crippen molar-refractivity contribution in [3.05, 3.63) is 11.8 Å². The molecule has 1 fully saturated rings. The van der Waals surface area contributed by atoms with E-state index in [0.717, 1.165) is 30.9 Å². The fourth-order valence-corrected chi connectivity index (χ4v) is 3.40. The van der Waals surface area contributed by atoms with Gasteiger partial charge >= 0.3 is 6.03 Å². The molecule has 2 heterocycles. The summed E-state index contributed by atoms with van der Waals surface area (Å²) in [6, 6.07) is 1.88. The van der Waals surface area contributed by atoms with E-state index in [2.05, 4.69) is 52.2 Å². The number of rotatable bonds is 4. The number of nitrogens with one attached hydrogen (secondary N) is 2. The monoisotopic (exact) mass is 405 g/mol. The van der Waals surface area contributed by atoms with Crippen molar-refractivity contribution in [1.29, 1.82) is 0 Å². The van der Waals surface area contributed by atoms with Crippen LogP contribution < -0.4 is 10.6 Å². The number of hydrogen-bond donors (Lipinski definition) is 2. The van der Waals surface area contributed by atoms with Crippen molar-refractivity contribution in [2.75, 3.05) is 25.0 Å². The lowest BCUT2D eigenvalue weighted by atomic mass is 9.92. The van der Waals surface area contributed by atoms with E-state index < -0.39 is 0 Å². The highest BCUT2D eigenvalue weighted by Gasteiger charge is 2.28. The van der Waals surface area contributed by atoms with Crippen LogP contribution in [0.4, 0.5) is 10.6 Å². The van der Waals surface area contributed by atoms with Crippen LogP contribution >= 0.6 is 0 Å². The van der Waals surface area contributed by atoms with Gasteiger partial charge in [0.25, 0.3) is 0 Å². The van der Waals surface area contributed by atoms with Crippen molar-refractivity contribution in [2.45, 2.75) is 79.2 Å². The zero-order valence-electron chi connectivity index (χ0n) is 19.4. The predicted octanol–water partition coefficient (Wildman–Crippen LogP) is 3.95. The number of anilines is 1. The SMILES string of the molecule is CC(C)C(=O)NCC1CCCN(C(=O)Nc2cc(C(C)(C)C)nn2C(C)(C)C)C1. The number of carbonyl (C=O) groups excluding carboxylic acids is 2. The molecular formula is C22H39N5O2. The van der Waals surface area contributed by atoms with E-state index in [-0.39, 0.29) is 34.7 Å². The number of nitrogens with zero attached hydrogens (tertiary/aromatic N) is 3. The van der Waals surface area contributed by atoms with Gasteiger partial charge in [-0.15, -0.1) is 0 Å². The van der Waals surface area contributed by atoms with Gasteiger partial charge < -0.3 is 10.2 Å². The van der Waals surface area contributed by atoms with Crippen LogP contribution in [-0.4, -0.2) is 46.3 Å². The Kier molecular flexibility index (Phi) is 7.01. The van der Waals surface area contributed by atoms with Gasteiger partial charge in [-0.1, -0.05) is 34.6 Å². The van der Waals surface area contributed by atoms with Crippen LogP contribution in [0, 0.1) is 11.8 Å². The fraction of sp³-hybridized carbons (Fsp3) is 0.773. The number of piperidine rings is 1. The summed E-state index contributed by atoms with van der Waals surface area (Å²) in [6.07, 6.45) is 1.97. The number of urea groups is 1. The minimum atomic E-state index is -0.238. The van der Waals surface area contributed by atoms with Crippen molar-refractivity contribution in [3.8, 4) is 0 Å². The molecule has 0 spiro atoms. The first-order chi connectivity index (χ1) is 13.3. The molecule has 1 aromatic rings. The third-order valence-electron chi connectivity index (χ3n) is 5.24. The molecule has 1 atom stereocenters. The van der Waals surface area contributed by atoms with Crippen LogP contribution in [0.3, 0.4) is 0 Å². The number of amides is 3. The molecule has 164 valence electrons. The molecule has 0 radical (unpaired) electrons. The van der Waals surface area contributed by atoms with E-state index in [1.807, 2.05) is 29.5 Å². The summed E-state index contributed by atoms with van der Waals surface area (Å²) in [5.74, 6) is 1.06. The number of likely N-dealkylation sites (tertiary alicyclic amines) is 1. The Labute approximate surface area is 175 Å². The maximum atomic E-state index is 13.0. The Morgan fingerprint density at radius 3 is 2.41 bits per heavy atom. The van der Waals surface area contributed by atoms with Crippen LogP contribution in [0.2, 0.25) is 0 Å². The Morgan fingerprint density at radius 1 is 1.21 bits per heavy atom. The van der Waals surface area contributed by atoms with E-state index in [1.54, 1.807) is 0 Å². The average Bonchev–Trinajstić information content (AvgIpc) is 3.04. The highest BCUT2D eigenvalue weighted by molar-refractivity contribution is 5.88. The van der Waals surface area contributed by atoms with Crippen LogP contribution in [-0.2, 0) is 15.7 Å². The lowest BCUT2D eigenvalue weighted by Crippen LogP contribution is -2.46. The number of hydrogen-bond acceptors (Lipinski definition) is 3. The molecule has 3 amide bonds. The van der Waals surface area contributed by atoms with E-state index in [9.17, 15) is 9.59 Å². The smallest absolute Gasteiger partial charge is 0.323 e. The van der Waals surface area contributed by atoms with E-state index >= 15 is 0 Å². The Bertz CT molecular complexity index is 725. The van der Waals surface area contributed by atoms with E-state index in [1.165, 1.54) is 0 Å². The molecule has 29 heavy (non-hydrogen) atoms. The third-order valence-corrected chi connectivity index (χ3v) is 5.24. The minimum Gasteiger partial charge on any atom is -0.356 e. The molecule has 7 nitrogen and oxygen atoms in total. The van der Waals surface area contributed by atoms with Gasteiger partial charge in [0.05, 0.1) is 11.2 Å². The maximum Gasteiger partial charge on any atom is 0.323 e. The Hall–Kier alpha value is -2.05. The van der Waals surface area contributed by atoms with Gasteiger partial charge in [-0.3, -0.25) is 10.1 Å². The third kappa shape index (κ3) is 6.21. The van der Waals surface area contributed by atoms with Crippen LogP contribution in [0.25, 0.3) is 0 Å². The quantitative estimate of drug-likeness (QED) is 0.796. The lowest BCUT2D eigenvalue weighted by Gasteiger charge is -2.33. The van der Waals surface area contributed by atoms with Crippen LogP contribution in [0.15, 0.2) is 6.07 Å². The normalized spacial score (nSPS) is 18.1. The molecule has 1 aromatic heterocycles. The van der Waals surface area contributed by atoms with Gasteiger partial charge in [0.15, 0.2) is 0 Å². The molecule has 2 rings (SSSR count). The van der Waals surface area contributed by atoms with Crippen molar-refractivity contribution in [3.63, 3.8) is 0 Å². The molecule has 0 aliphatic carbocycles. The summed E-state index contributed by atoms with van der Waals surface area (Å²) in [6.45, 7) is 18.4. The second-order valence-electron chi connectivity index (χ2n) is 10.5. The van der Waals surface area contributed by atoms with Gasteiger partial charge in [0, 0.05) is 37.0 Å². The predicted molar refractivity (Wildman–Crippen MR) is 117 cm³/mol. The second-order valence-corrected chi connectivity index (χ2v) is 10.5. The summed E-state index contributed by atoms with van der Waals surface area (Å²) < 4.78 is 1.90. The summed E-state index contributed by atoms with van der Waals surface area (Å²) in [7, 11) is 0. The Morgan fingerprint density at radius 2 is 1.86 bits per heavy atom. The zero-order valence-corrected chi connectivity index (χ0v) is 19.4. The van der Waals surface area contributed by atoms with Gasteiger partial charge in [-0.25, -0.2) is 9.48 Å². The molecule has 1 aliphatic heterocycles. The van der Waals surface area contributed by atoms with Crippen LogP contribution in [0.1, 0.15) is 73.9 Å². The molecule has 1 saturated heterocycles. The lowest BCUT2D eigenvalue weighted by molar-refractivity contribution is -0.124. The first-order valence-corrected chi connectivity index (χ1v) is 10.7. The molecular weight excluding hydrogens is 366 g/mol. The zero-order chi connectivity index (χ0) is 22.0. The fourth-order valence-electron chi connectivity index (χ4n) is 3.40. The molecule has 1 unspecified atom stereocenters. The van der Waals surface area contributed by atoms with Crippen molar-refractivity contribution in [2.24, 2.45) is 11.8 Å². The van der Waals surface area contributed by atoms with Gasteiger partial charge in [0.2, 0.25) is 5.91 Å². The first-order valence-electron chi connectivity index (χ1n) is 10.7. The van der Waals surface area contributed by atoms with Gasteiger partial charge in [-0.05, 0) is 39.5 Å². The van der Waals surface area contributed by atoms with Crippen LogP contribution in [0.5, 0.6) is 0 Å². The summed E-state index contributed by atoms with van der Waals surface area (Å²) in [5, 5.41) is 10.8. The standard InChI is InChI=1S/C22H39N5O2/c1-15(2)19(28)23-13-16-10-9-11-26(14-16)20(29)24-18-12-17(21(3,4)5)25-27(18)22(6,7)8/h12,15-16H,9-11,13-14H2,1-8H3,(H,23,28)(H,24,29). The number of carbonyl (C=O) groups is 2. The van der Waals surface area contributed by atoms with Gasteiger partial charge in [0.1, 0.15) is 5.82 Å². The van der Waals surface area contributed by atoms with E-state index in [0.29, 0.717) is 13.1 Å². The first kappa shape index (κ1) is 23.2.